The maximum Gasteiger partial charge on any atom is 0.309 e. The van der Waals surface area contributed by atoms with Crippen LogP contribution in [0.15, 0.2) is 91.0 Å². The maximum atomic E-state index is 12.8. The number of halogens is 1. The number of hydrogen-bond donors (Lipinski definition) is 1. The molecule has 42 heavy (non-hydrogen) atoms. The second-order valence-electron chi connectivity index (χ2n) is 10.3. The molecule has 0 saturated heterocycles. The largest absolute Gasteiger partial charge is 0.407 e. The van der Waals surface area contributed by atoms with E-state index in [1.165, 1.54) is 6.92 Å². The number of ether oxygens (including phenoxy) is 1. The van der Waals surface area contributed by atoms with Crippen molar-refractivity contribution < 1.29 is 14.3 Å². The number of amides is 1. The standard InChI is InChI=1S/C34H31ClN4O3/c1-21-9-10-22(2)30(19-21)39-34(42-23(3)40)31(32(37-39)25-13-17-29(18-14-25)38(4)5)24-11-15-28(16-12-24)36-33(41)26-7-6-8-27(35)20-26/h6-20H,1-5H3,(H,36,41). The fourth-order valence-corrected chi connectivity index (χ4v) is 4.87. The highest BCUT2D eigenvalue weighted by Gasteiger charge is 2.25. The molecule has 1 aromatic heterocycles. The summed E-state index contributed by atoms with van der Waals surface area (Å²) < 4.78 is 7.58. The van der Waals surface area contributed by atoms with E-state index < -0.39 is 5.97 Å². The summed E-state index contributed by atoms with van der Waals surface area (Å²) in [6, 6.07) is 28.3. The van der Waals surface area contributed by atoms with Crippen LogP contribution in [0, 0.1) is 13.8 Å². The molecule has 5 rings (SSSR count). The third-order valence-electron chi connectivity index (χ3n) is 6.85. The number of esters is 1. The van der Waals surface area contributed by atoms with Crippen molar-refractivity contribution in [3.63, 3.8) is 0 Å². The van der Waals surface area contributed by atoms with Crippen molar-refractivity contribution in [1.29, 1.82) is 0 Å². The average molecular weight is 579 g/mol. The lowest BCUT2D eigenvalue weighted by Crippen LogP contribution is -2.11. The van der Waals surface area contributed by atoms with Gasteiger partial charge in [-0.15, -0.1) is 0 Å². The van der Waals surface area contributed by atoms with Crippen molar-refractivity contribution in [3.05, 3.63) is 113 Å². The van der Waals surface area contributed by atoms with Crippen molar-refractivity contribution in [1.82, 2.24) is 9.78 Å². The molecule has 1 amide bonds. The van der Waals surface area contributed by atoms with Crippen LogP contribution in [0.4, 0.5) is 11.4 Å². The van der Waals surface area contributed by atoms with Crippen LogP contribution in [0.1, 0.15) is 28.4 Å². The van der Waals surface area contributed by atoms with Gasteiger partial charge in [-0.3, -0.25) is 9.59 Å². The summed E-state index contributed by atoms with van der Waals surface area (Å²) in [6.07, 6.45) is 0. The number of hydrogen-bond acceptors (Lipinski definition) is 5. The second kappa shape index (κ2) is 11.9. The third-order valence-corrected chi connectivity index (χ3v) is 7.09. The van der Waals surface area contributed by atoms with Gasteiger partial charge in [0, 0.05) is 48.5 Å². The zero-order valence-corrected chi connectivity index (χ0v) is 24.9. The van der Waals surface area contributed by atoms with E-state index in [-0.39, 0.29) is 5.91 Å². The third kappa shape index (κ3) is 6.06. The smallest absolute Gasteiger partial charge is 0.309 e. The monoisotopic (exact) mass is 578 g/mol. The summed E-state index contributed by atoms with van der Waals surface area (Å²) in [4.78, 5) is 27.2. The predicted molar refractivity (Wildman–Crippen MR) is 169 cm³/mol. The first kappa shape index (κ1) is 28.6. The molecule has 4 aromatic carbocycles. The SMILES string of the molecule is CC(=O)Oc1c(-c2ccc(NC(=O)c3cccc(Cl)c3)cc2)c(-c2ccc(N(C)C)cc2)nn1-c1cc(C)ccc1C. The van der Waals surface area contributed by atoms with Gasteiger partial charge in [-0.05, 0) is 79.1 Å². The molecule has 0 aliphatic rings. The van der Waals surface area contributed by atoms with Crippen LogP contribution in [0.25, 0.3) is 28.1 Å². The van der Waals surface area contributed by atoms with Gasteiger partial charge in [0.25, 0.3) is 5.91 Å². The molecular weight excluding hydrogens is 548 g/mol. The minimum atomic E-state index is -0.456. The van der Waals surface area contributed by atoms with E-state index in [1.54, 1.807) is 28.9 Å². The predicted octanol–water partition coefficient (Wildman–Crippen LogP) is 7.72. The van der Waals surface area contributed by atoms with E-state index in [0.717, 1.165) is 33.6 Å². The Kier molecular flexibility index (Phi) is 8.13. The van der Waals surface area contributed by atoms with Crippen LogP contribution in [0.2, 0.25) is 5.02 Å². The van der Waals surface area contributed by atoms with Crippen molar-refractivity contribution in [2.24, 2.45) is 0 Å². The number of aryl methyl sites for hydroxylation is 2. The molecule has 0 spiro atoms. The van der Waals surface area contributed by atoms with Crippen LogP contribution in [0.3, 0.4) is 0 Å². The van der Waals surface area contributed by atoms with E-state index in [0.29, 0.717) is 33.4 Å². The Bertz CT molecular complexity index is 1770. The number of rotatable bonds is 7. The topological polar surface area (TPSA) is 76.5 Å². The van der Waals surface area contributed by atoms with Gasteiger partial charge in [0.15, 0.2) is 0 Å². The number of aromatic nitrogens is 2. The highest BCUT2D eigenvalue weighted by atomic mass is 35.5. The normalized spacial score (nSPS) is 10.8. The second-order valence-corrected chi connectivity index (χ2v) is 10.7. The fraction of sp³-hybridized carbons (Fsp3) is 0.147. The van der Waals surface area contributed by atoms with Crippen LogP contribution >= 0.6 is 11.6 Å². The first-order valence-corrected chi connectivity index (χ1v) is 13.8. The minimum absolute atomic E-state index is 0.268. The molecule has 0 fully saturated rings. The lowest BCUT2D eigenvalue weighted by Gasteiger charge is -2.13. The number of benzene rings is 4. The van der Waals surface area contributed by atoms with Gasteiger partial charge in [-0.2, -0.15) is 9.78 Å². The summed E-state index contributed by atoms with van der Waals surface area (Å²) in [5.74, 6) is -0.406. The molecule has 0 bridgehead atoms. The Morgan fingerprint density at radius 1 is 0.881 bits per heavy atom. The Labute approximate surface area is 250 Å². The van der Waals surface area contributed by atoms with Crippen LogP contribution in [-0.4, -0.2) is 35.8 Å². The van der Waals surface area contributed by atoms with Gasteiger partial charge in [0.05, 0.1) is 11.3 Å². The molecule has 8 heteroatoms. The lowest BCUT2D eigenvalue weighted by molar-refractivity contribution is -0.132. The van der Waals surface area contributed by atoms with E-state index in [4.69, 9.17) is 21.4 Å². The molecule has 0 radical (unpaired) electrons. The van der Waals surface area contributed by atoms with Gasteiger partial charge in [-0.25, -0.2) is 0 Å². The Balaban J connectivity index is 1.64. The van der Waals surface area contributed by atoms with E-state index >= 15 is 0 Å². The van der Waals surface area contributed by atoms with Crippen molar-refractivity contribution in [3.8, 4) is 34.0 Å². The van der Waals surface area contributed by atoms with Crippen LogP contribution in [-0.2, 0) is 4.79 Å². The highest BCUT2D eigenvalue weighted by Crippen LogP contribution is 2.42. The quantitative estimate of drug-likeness (QED) is 0.200. The Hall–Kier alpha value is -4.88. The number of anilines is 2. The fourth-order valence-electron chi connectivity index (χ4n) is 4.68. The molecule has 0 aliphatic carbocycles. The summed E-state index contributed by atoms with van der Waals surface area (Å²) in [5, 5.41) is 8.42. The molecule has 0 atom stereocenters. The highest BCUT2D eigenvalue weighted by molar-refractivity contribution is 6.31. The number of nitrogens with one attached hydrogen (secondary N) is 1. The van der Waals surface area contributed by atoms with Crippen LogP contribution < -0.4 is 15.0 Å². The molecule has 0 saturated carbocycles. The summed E-state index contributed by atoms with van der Waals surface area (Å²) in [5.41, 5.74) is 7.93. The van der Waals surface area contributed by atoms with Gasteiger partial charge in [0.1, 0.15) is 5.69 Å². The molecule has 0 aliphatic heterocycles. The van der Waals surface area contributed by atoms with E-state index in [1.807, 2.05) is 99.6 Å². The van der Waals surface area contributed by atoms with Gasteiger partial charge in [-0.1, -0.05) is 54.1 Å². The molecule has 1 heterocycles. The molecule has 5 aromatic rings. The summed E-state index contributed by atoms with van der Waals surface area (Å²) in [7, 11) is 3.97. The van der Waals surface area contributed by atoms with Crippen molar-refractivity contribution in [2.75, 3.05) is 24.3 Å². The zero-order chi connectivity index (χ0) is 30.0. The lowest BCUT2D eigenvalue weighted by atomic mass is 10.0. The molecule has 1 N–H and O–H groups in total. The van der Waals surface area contributed by atoms with Gasteiger partial charge >= 0.3 is 5.97 Å². The average Bonchev–Trinajstić information content (AvgIpc) is 3.32. The number of carbonyl (C=O) groups is 2. The minimum Gasteiger partial charge on any atom is -0.407 e. The maximum absolute atomic E-state index is 12.8. The molecule has 7 nitrogen and oxygen atoms in total. The van der Waals surface area contributed by atoms with Crippen molar-refractivity contribution in [2.45, 2.75) is 20.8 Å². The van der Waals surface area contributed by atoms with Crippen LogP contribution in [0.5, 0.6) is 5.88 Å². The molecular formula is C34H31ClN4O3. The van der Waals surface area contributed by atoms with Gasteiger partial charge in [0.2, 0.25) is 5.88 Å². The van der Waals surface area contributed by atoms with E-state index in [9.17, 15) is 9.59 Å². The summed E-state index contributed by atoms with van der Waals surface area (Å²) >= 11 is 6.06. The Morgan fingerprint density at radius 2 is 1.57 bits per heavy atom. The number of carbonyl (C=O) groups excluding carboxylic acids is 2. The molecule has 0 unspecified atom stereocenters. The number of nitrogens with zero attached hydrogens (tertiary/aromatic N) is 3. The molecule has 212 valence electrons. The van der Waals surface area contributed by atoms with E-state index in [2.05, 4.69) is 5.32 Å². The first-order chi connectivity index (χ1) is 20.1. The first-order valence-electron chi connectivity index (χ1n) is 13.4. The Morgan fingerprint density at radius 3 is 2.21 bits per heavy atom. The van der Waals surface area contributed by atoms with Gasteiger partial charge < -0.3 is 15.0 Å². The van der Waals surface area contributed by atoms with Crippen molar-refractivity contribution >= 4 is 34.9 Å². The summed E-state index contributed by atoms with van der Waals surface area (Å²) in [6.45, 7) is 5.39. The zero-order valence-electron chi connectivity index (χ0n) is 24.1.